The van der Waals surface area contributed by atoms with Crippen LogP contribution in [0.3, 0.4) is 0 Å². The maximum atomic E-state index is 11.4. The first-order valence-corrected chi connectivity index (χ1v) is 7.78. The fourth-order valence-electron chi connectivity index (χ4n) is 5.74. The lowest BCUT2D eigenvalue weighted by Gasteiger charge is -2.56. The van der Waals surface area contributed by atoms with Gasteiger partial charge in [0.1, 0.15) is 5.56 Å². The van der Waals surface area contributed by atoms with Gasteiger partial charge in [0.15, 0.2) is 0 Å². The average molecular weight is 274 g/mol. The number of rotatable bonds is 2. The third-order valence-electron chi connectivity index (χ3n) is 5.96. The van der Waals surface area contributed by atoms with Crippen molar-refractivity contribution in [1.29, 1.82) is 0 Å². The Morgan fingerprint density at radius 3 is 2.05 bits per heavy atom. The van der Waals surface area contributed by atoms with Crippen molar-refractivity contribution in [1.82, 2.24) is 9.78 Å². The molecular weight excluding hydrogens is 252 g/mol. The Labute approximate surface area is 119 Å². The minimum Gasteiger partial charge on any atom is -0.478 e. The number of hydrogen-bond acceptors (Lipinski definition) is 2. The van der Waals surface area contributed by atoms with Crippen LogP contribution in [0.15, 0.2) is 0 Å². The molecule has 4 aliphatic carbocycles. The average Bonchev–Trinajstić information content (AvgIpc) is 2.63. The van der Waals surface area contributed by atoms with Crippen molar-refractivity contribution in [3.8, 4) is 0 Å². The zero-order valence-corrected chi connectivity index (χ0v) is 12.2. The highest BCUT2D eigenvalue weighted by Crippen LogP contribution is 2.59. The molecule has 4 aliphatic rings. The molecule has 0 unspecified atom stereocenters. The summed E-state index contributed by atoms with van der Waals surface area (Å²) in [6.45, 7) is 3.76. The van der Waals surface area contributed by atoms with E-state index >= 15 is 0 Å². The number of nitrogens with zero attached hydrogens (tertiary/aromatic N) is 2. The van der Waals surface area contributed by atoms with Crippen molar-refractivity contribution in [2.45, 2.75) is 57.9 Å². The summed E-state index contributed by atoms with van der Waals surface area (Å²) >= 11 is 0. The molecule has 0 saturated heterocycles. The summed E-state index contributed by atoms with van der Waals surface area (Å²) in [6, 6.07) is 0. The third kappa shape index (κ3) is 1.54. The van der Waals surface area contributed by atoms with Crippen LogP contribution < -0.4 is 0 Å². The molecule has 4 fully saturated rings. The van der Waals surface area contributed by atoms with Crippen LogP contribution in [0.2, 0.25) is 0 Å². The molecule has 0 atom stereocenters. The predicted octanol–water partition coefficient (Wildman–Crippen LogP) is 3.12. The maximum Gasteiger partial charge on any atom is 0.339 e. The molecule has 1 aromatic rings. The molecular formula is C16H22N2O2. The van der Waals surface area contributed by atoms with Gasteiger partial charge in [-0.2, -0.15) is 5.10 Å². The number of carboxylic acids is 1. The van der Waals surface area contributed by atoms with Crippen molar-refractivity contribution in [3.05, 3.63) is 17.0 Å². The molecule has 20 heavy (non-hydrogen) atoms. The molecule has 4 heteroatoms. The summed E-state index contributed by atoms with van der Waals surface area (Å²) in [5.74, 6) is 1.70. The van der Waals surface area contributed by atoms with E-state index in [0.717, 1.165) is 23.4 Å². The molecule has 0 aliphatic heterocycles. The predicted molar refractivity (Wildman–Crippen MR) is 74.8 cm³/mol. The largest absolute Gasteiger partial charge is 0.478 e. The summed E-state index contributed by atoms with van der Waals surface area (Å²) in [4.78, 5) is 11.4. The summed E-state index contributed by atoms with van der Waals surface area (Å²) in [6.07, 6.45) is 7.80. The van der Waals surface area contributed by atoms with Crippen molar-refractivity contribution >= 4 is 5.97 Å². The summed E-state index contributed by atoms with van der Waals surface area (Å²) < 4.78 is 2.11. The monoisotopic (exact) mass is 274 g/mol. The van der Waals surface area contributed by atoms with Gasteiger partial charge in [-0.3, -0.25) is 4.68 Å². The number of hydrogen-bond donors (Lipinski definition) is 1. The van der Waals surface area contributed by atoms with E-state index in [1.54, 1.807) is 0 Å². The van der Waals surface area contributed by atoms with Gasteiger partial charge in [0, 0.05) is 0 Å². The molecule has 108 valence electrons. The minimum absolute atomic E-state index is 0.122. The van der Waals surface area contributed by atoms with Gasteiger partial charge in [-0.25, -0.2) is 4.79 Å². The molecule has 4 bridgehead atoms. The van der Waals surface area contributed by atoms with Gasteiger partial charge < -0.3 is 5.11 Å². The first kappa shape index (κ1) is 12.4. The SMILES string of the molecule is Cc1nn(C23CC4CC(CC(C4)C2)C3)c(C)c1C(=O)O. The lowest BCUT2D eigenvalue weighted by atomic mass is 9.53. The Hall–Kier alpha value is -1.32. The van der Waals surface area contributed by atoms with Crippen LogP contribution in [0.4, 0.5) is 0 Å². The van der Waals surface area contributed by atoms with E-state index in [4.69, 9.17) is 0 Å². The van der Waals surface area contributed by atoms with Crippen LogP contribution in [-0.4, -0.2) is 20.9 Å². The van der Waals surface area contributed by atoms with Gasteiger partial charge in [0.25, 0.3) is 0 Å². The van der Waals surface area contributed by atoms with Gasteiger partial charge in [-0.15, -0.1) is 0 Å². The molecule has 4 nitrogen and oxygen atoms in total. The smallest absolute Gasteiger partial charge is 0.339 e. The Morgan fingerprint density at radius 1 is 1.15 bits per heavy atom. The van der Waals surface area contributed by atoms with Crippen molar-refractivity contribution < 1.29 is 9.90 Å². The molecule has 0 amide bonds. The second kappa shape index (κ2) is 3.86. The number of carbonyl (C=O) groups is 1. The standard InChI is InChI=1S/C16H22N2O2/c1-9-14(15(19)20)10(2)18(17-9)16-6-11-3-12(7-16)5-13(4-11)8-16/h11-13H,3-8H2,1-2H3,(H,19,20). The number of aryl methyl sites for hydroxylation is 1. The van der Waals surface area contributed by atoms with E-state index in [0.29, 0.717) is 11.3 Å². The lowest BCUT2D eigenvalue weighted by molar-refractivity contribution is -0.0505. The molecule has 1 aromatic heterocycles. The quantitative estimate of drug-likeness (QED) is 0.901. The van der Waals surface area contributed by atoms with Crippen molar-refractivity contribution in [2.24, 2.45) is 17.8 Å². The Kier molecular flexibility index (Phi) is 2.40. The van der Waals surface area contributed by atoms with Gasteiger partial charge in [0.2, 0.25) is 0 Å². The molecule has 1 heterocycles. The zero-order chi connectivity index (χ0) is 14.1. The highest BCUT2D eigenvalue weighted by atomic mass is 16.4. The first-order chi connectivity index (χ1) is 9.48. The number of aromatic carboxylic acids is 1. The van der Waals surface area contributed by atoms with E-state index < -0.39 is 5.97 Å². The zero-order valence-electron chi connectivity index (χ0n) is 12.2. The first-order valence-electron chi connectivity index (χ1n) is 7.78. The lowest BCUT2D eigenvalue weighted by Crippen LogP contribution is -2.52. The van der Waals surface area contributed by atoms with E-state index in [1.165, 1.54) is 38.5 Å². The van der Waals surface area contributed by atoms with Crippen LogP contribution >= 0.6 is 0 Å². The molecule has 4 saturated carbocycles. The second-order valence-electron chi connectivity index (χ2n) is 7.40. The van der Waals surface area contributed by atoms with Gasteiger partial charge in [-0.1, -0.05) is 0 Å². The van der Waals surface area contributed by atoms with Gasteiger partial charge >= 0.3 is 5.97 Å². The molecule has 0 aromatic carbocycles. The summed E-state index contributed by atoms with van der Waals surface area (Å²) in [7, 11) is 0. The van der Waals surface area contributed by atoms with Gasteiger partial charge in [-0.05, 0) is 70.1 Å². The number of aromatic nitrogens is 2. The highest BCUT2D eigenvalue weighted by molar-refractivity contribution is 5.90. The maximum absolute atomic E-state index is 11.4. The van der Waals surface area contributed by atoms with Crippen LogP contribution in [0, 0.1) is 31.6 Å². The van der Waals surface area contributed by atoms with Crippen molar-refractivity contribution in [3.63, 3.8) is 0 Å². The molecule has 5 rings (SSSR count). The van der Waals surface area contributed by atoms with Crippen LogP contribution in [0.1, 0.15) is 60.3 Å². The fraction of sp³-hybridized carbons (Fsp3) is 0.750. The summed E-state index contributed by atoms with van der Waals surface area (Å²) in [5, 5.41) is 14.0. The fourth-order valence-corrected chi connectivity index (χ4v) is 5.74. The molecule has 0 radical (unpaired) electrons. The Balaban J connectivity index is 1.81. The van der Waals surface area contributed by atoms with Crippen LogP contribution in [0.5, 0.6) is 0 Å². The Morgan fingerprint density at radius 2 is 1.65 bits per heavy atom. The molecule has 1 N–H and O–H groups in total. The topological polar surface area (TPSA) is 55.1 Å². The van der Waals surface area contributed by atoms with Gasteiger partial charge in [0.05, 0.1) is 16.9 Å². The van der Waals surface area contributed by atoms with Crippen LogP contribution in [-0.2, 0) is 5.54 Å². The van der Waals surface area contributed by atoms with Crippen LogP contribution in [0.25, 0.3) is 0 Å². The minimum atomic E-state index is -0.837. The van der Waals surface area contributed by atoms with E-state index in [1.807, 2.05) is 13.8 Å². The molecule has 0 spiro atoms. The van der Waals surface area contributed by atoms with Crippen molar-refractivity contribution in [2.75, 3.05) is 0 Å². The van der Waals surface area contributed by atoms with E-state index in [9.17, 15) is 9.90 Å². The van der Waals surface area contributed by atoms with E-state index in [-0.39, 0.29) is 5.54 Å². The van der Waals surface area contributed by atoms with E-state index in [2.05, 4.69) is 9.78 Å². The Bertz CT molecular complexity index is 552. The third-order valence-corrected chi connectivity index (χ3v) is 5.96. The second-order valence-corrected chi connectivity index (χ2v) is 7.40. The number of carboxylic acid groups (broad SMARTS) is 1. The highest BCUT2D eigenvalue weighted by Gasteiger charge is 2.53. The summed E-state index contributed by atoms with van der Waals surface area (Å²) in [5.41, 5.74) is 2.07. The normalized spacial score (nSPS) is 38.4.